The van der Waals surface area contributed by atoms with Gasteiger partial charge in [-0.25, -0.2) is 14.4 Å². The Bertz CT molecular complexity index is 662. The van der Waals surface area contributed by atoms with Crippen LogP contribution >= 0.6 is 0 Å². The molecule has 0 radical (unpaired) electrons. The Morgan fingerprint density at radius 2 is 2.04 bits per heavy atom. The predicted octanol–water partition coefficient (Wildman–Crippen LogP) is 0.733. The van der Waals surface area contributed by atoms with E-state index in [1.165, 1.54) is 12.7 Å². The Morgan fingerprint density at radius 1 is 1.22 bits per heavy atom. The molecule has 0 saturated carbocycles. The van der Waals surface area contributed by atoms with Crippen LogP contribution in [0.2, 0.25) is 0 Å². The van der Waals surface area contributed by atoms with Gasteiger partial charge >= 0.3 is 0 Å². The highest BCUT2D eigenvalue weighted by Crippen LogP contribution is 2.34. The second-order valence-corrected chi connectivity index (χ2v) is 6.16. The number of aromatic nitrogens is 5. The maximum Gasteiger partial charge on any atom is 0.187 e. The van der Waals surface area contributed by atoms with Crippen molar-refractivity contribution in [2.45, 2.75) is 38.4 Å². The molecule has 3 fully saturated rings. The monoisotopic (exact) mass is 317 g/mol. The van der Waals surface area contributed by atoms with Gasteiger partial charge in [0.1, 0.15) is 6.33 Å². The lowest BCUT2D eigenvalue weighted by Crippen LogP contribution is -2.69. The lowest BCUT2D eigenvalue weighted by molar-refractivity contribution is -0.00455. The minimum absolute atomic E-state index is 0.259. The molecule has 0 amide bonds. The average molecular weight is 317 g/mol. The van der Waals surface area contributed by atoms with E-state index in [1.54, 1.807) is 6.20 Å². The van der Waals surface area contributed by atoms with E-state index in [2.05, 4.69) is 30.1 Å². The van der Waals surface area contributed by atoms with Crippen LogP contribution in [0.4, 0.5) is 10.2 Å². The van der Waals surface area contributed by atoms with Crippen LogP contribution in [0.3, 0.4) is 0 Å². The van der Waals surface area contributed by atoms with Crippen molar-refractivity contribution in [3.63, 3.8) is 0 Å². The summed E-state index contributed by atoms with van der Waals surface area (Å²) in [5.41, 5.74) is 0.497. The molecule has 8 heteroatoms. The minimum Gasteiger partial charge on any atom is -0.351 e. The van der Waals surface area contributed by atoms with E-state index in [0.29, 0.717) is 30.0 Å². The van der Waals surface area contributed by atoms with Gasteiger partial charge in [-0.2, -0.15) is 0 Å². The second-order valence-electron chi connectivity index (χ2n) is 6.16. The fourth-order valence-electron chi connectivity index (χ4n) is 3.66. The first-order valence-corrected chi connectivity index (χ1v) is 8.10. The summed E-state index contributed by atoms with van der Waals surface area (Å²) in [7, 11) is 0. The van der Waals surface area contributed by atoms with E-state index in [-0.39, 0.29) is 5.82 Å². The van der Waals surface area contributed by atoms with Gasteiger partial charge in [0, 0.05) is 37.9 Å². The summed E-state index contributed by atoms with van der Waals surface area (Å²) in [5, 5.41) is 7.82. The smallest absolute Gasteiger partial charge is 0.187 e. The molecule has 2 aromatic heterocycles. The molecule has 2 unspecified atom stereocenters. The van der Waals surface area contributed by atoms with Crippen molar-refractivity contribution in [2.75, 3.05) is 24.5 Å². The van der Waals surface area contributed by atoms with Gasteiger partial charge < -0.3 is 4.90 Å². The Balaban J connectivity index is 1.41. The highest BCUT2D eigenvalue weighted by atomic mass is 19.1. The van der Waals surface area contributed by atoms with Crippen LogP contribution in [0.1, 0.15) is 19.0 Å². The van der Waals surface area contributed by atoms with Crippen LogP contribution in [0.25, 0.3) is 0 Å². The number of aryl methyl sites for hydroxylation is 1. The first-order chi connectivity index (χ1) is 11.3. The summed E-state index contributed by atoms with van der Waals surface area (Å²) in [6, 6.07) is 0.938. The van der Waals surface area contributed by atoms with E-state index in [0.717, 1.165) is 26.2 Å². The fourth-order valence-corrected chi connectivity index (χ4v) is 3.66. The van der Waals surface area contributed by atoms with Crippen LogP contribution in [-0.4, -0.2) is 61.6 Å². The normalized spacial score (nSPS) is 23.8. The minimum atomic E-state index is -0.259. The van der Waals surface area contributed by atoms with Crippen molar-refractivity contribution < 1.29 is 4.39 Å². The van der Waals surface area contributed by atoms with Gasteiger partial charge in [0.05, 0.1) is 18.4 Å². The number of fused-ring (bicyclic) bond motifs is 2. The zero-order valence-corrected chi connectivity index (χ0v) is 13.1. The van der Waals surface area contributed by atoms with E-state index < -0.39 is 0 Å². The maximum absolute atomic E-state index is 14.4. The molecule has 2 atom stereocenters. The number of piperidine rings is 1. The Labute approximate surface area is 134 Å². The Kier molecular flexibility index (Phi) is 3.68. The number of hydrogen-bond acceptors (Lipinski definition) is 6. The van der Waals surface area contributed by atoms with E-state index >= 15 is 0 Å². The number of halogens is 1. The molecule has 5 heterocycles. The number of piperazine rings is 1. The molecule has 0 aliphatic carbocycles. The first-order valence-electron chi connectivity index (χ1n) is 8.10. The molecule has 122 valence electrons. The molecule has 7 nitrogen and oxygen atoms in total. The van der Waals surface area contributed by atoms with Gasteiger partial charge in [-0.05, 0) is 12.8 Å². The molecule has 3 saturated heterocycles. The van der Waals surface area contributed by atoms with Crippen molar-refractivity contribution >= 4 is 5.82 Å². The zero-order chi connectivity index (χ0) is 15.8. The third-order valence-corrected chi connectivity index (χ3v) is 4.88. The van der Waals surface area contributed by atoms with Crippen LogP contribution in [0.5, 0.6) is 0 Å². The summed E-state index contributed by atoms with van der Waals surface area (Å²) in [6.07, 6.45) is 6.82. The molecule has 0 aromatic carbocycles. The van der Waals surface area contributed by atoms with Gasteiger partial charge in [-0.1, -0.05) is 12.1 Å². The predicted molar refractivity (Wildman–Crippen MR) is 82.5 cm³/mol. The molecule has 23 heavy (non-hydrogen) atoms. The topological polar surface area (TPSA) is 63.0 Å². The standard InChI is InChI=1S/C15H20FN7/c1-2-13-14(16)15(18-10-17-13)21-8-11-7-12(9-21)23(11)6-5-22-4-3-19-20-22/h3-4,10-12H,2,5-9H2,1H3. The van der Waals surface area contributed by atoms with Gasteiger partial charge in [0.25, 0.3) is 0 Å². The van der Waals surface area contributed by atoms with E-state index in [4.69, 9.17) is 0 Å². The van der Waals surface area contributed by atoms with Gasteiger partial charge in [0.15, 0.2) is 11.6 Å². The molecule has 5 rings (SSSR count). The summed E-state index contributed by atoms with van der Waals surface area (Å²) in [4.78, 5) is 12.7. The molecule has 0 spiro atoms. The van der Waals surface area contributed by atoms with Crippen LogP contribution in [0, 0.1) is 5.82 Å². The van der Waals surface area contributed by atoms with Crippen LogP contribution in [-0.2, 0) is 13.0 Å². The average Bonchev–Trinajstić information content (AvgIpc) is 3.08. The fraction of sp³-hybridized carbons (Fsp3) is 0.600. The Hall–Kier alpha value is -2.09. The summed E-state index contributed by atoms with van der Waals surface area (Å²) >= 11 is 0. The number of anilines is 1. The molecular formula is C15H20FN7. The lowest BCUT2D eigenvalue weighted by atomic mass is 9.87. The molecule has 3 aliphatic heterocycles. The first kappa shape index (κ1) is 14.5. The zero-order valence-electron chi connectivity index (χ0n) is 13.1. The van der Waals surface area contributed by atoms with Crippen molar-refractivity contribution in [1.82, 2.24) is 29.9 Å². The third kappa shape index (κ3) is 2.56. The van der Waals surface area contributed by atoms with E-state index in [1.807, 2.05) is 17.8 Å². The van der Waals surface area contributed by atoms with E-state index in [9.17, 15) is 4.39 Å². The SMILES string of the molecule is CCc1ncnc(N2CC3CC(C2)N3CCn2ccnn2)c1F. The second kappa shape index (κ2) is 5.84. The number of rotatable bonds is 5. The maximum atomic E-state index is 14.4. The lowest BCUT2D eigenvalue weighted by Gasteiger charge is -2.56. The molecular weight excluding hydrogens is 297 g/mol. The molecule has 2 aromatic rings. The molecule has 3 aliphatic rings. The number of hydrogen-bond donors (Lipinski definition) is 0. The molecule has 2 bridgehead atoms. The van der Waals surface area contributed by atoms with Crippen molar-refractivity contribution in [2.24, 2.45) is 0 Å². The third-order valence-electron chi connectivity index (χ3n) is 4.88. The quantitative estimate of drug-likeness (QED) is 0.810. The van der Waals surface area contributed by atoms with Gasteiger partial charge in [0.2, 0.25) is 0 Å². The summed E-state index contributed by atoms with van der Waals surface area (Å²) < 4.78 is 16.3. The van der Waals surface area contributed by atoms with Crippen LogP contribution in [0.15, 0.2) is 18.7 Å². The highest BCUT2D eigenvalue weighted by molar-refractivity contribution is 5.43. The van der Waals surface area contributed by atoms with Crippen LogP contribution < -0.4 is 4.90 Å². The summed E-state index contributed by atoms with van der Waals surface area (Å²) in [5.74, 6) is 0.202. The van der Waals surface area contributed by atoms with Gasteiger partial charge in [-0.3, -0.25) is 9.58 Å². The highest BCUT2D eigenvalue weighted by Gasteiger charge is 2.45. The van der Waals surface area contributed by atoms with Gasteiger partial charge in [-0.15, -0.1) is 5.10 Å². The largest absolute Gasteiger partial charge is 0.351 e. The Morgan fingerprint density at radius 3 is 2.74 bits per heavy atom. The molecule has 0 N–H and O–H groups in total. The summed E-state index contributed by atoms with van der Waals surface area (Å²) in [6.45, 7) is 5.36. The van der Waals surface area contributed by atoms with Crippen molar-refractivity contribution in [3.8, 4) is 0 Å². The number of nitrogens with zero attached hydrogens (tertiary/aromatic N) is 7. The van der Waals surface area contributed by atoms with Crippen molar-refractivity contribution in [1.29, 1.82) is 0 Å². The van der Waals surface area contributed by atoms with Crippen molar-refractivity contribution in [3.05, 3.63) is 30.2 Å².